The molecule has 6 heteroatoms. The first-order valence-electron chi connectivity index (χ1n) is 9.76. The van der Waals surface area contributed by atoms with Gasteiger partial charge in [-0.25, -0.2) is 9.59 Å². The first-order valence-corrected chi connectivity index (χ1v) is 9.76. The summed E-state index contributed by atoms with van der Waals surface area (Å²) in [7, 11) is 0. The van der Waals surface area contributed by atoms with Crippen LogP contribution in [-0.4, -0.2) is 49.2 Å². The fourth-order valence-electron chi connectivity index (χ4n) is 3.63. The van der Waals surface area contributed by atoms with Gasteiger partial charge in [0.05, 0.1) is 0 Å². The average molecular weight is 338 g/mol. The van der Waals surface area contributed by atoms with Crippen molar-refractivity contribution < 1.29 is 9.59 Å². The largest absolute Gasteiger partial charge is 0.338 e. The Kier molecular flexibility index (Phi) is 8.19. The van der Waals surface area contributed by atoms with Crippen LogP contribution in [0.15, 0.2) is 0 Å². The fourth-order valence-corrected chi connectivity index (χ4v) is 3.63. The van der Waals surface area contributed by atoms with Crippen LogP contribution in [0.3, 0.4) is 0 Å². The van der Waals surface area contributed by atoms with Crippen LogP contribution < -0.4 is 16.0 Å². The predicted octanol–water partition coefficient (Wildman–Crippen LogP) is 2.84. The lowest BCUT2D eigenvalue weighted by atomic mass is 9.93. The van der Waals surface area contributed by atoms with Crippen molar-refractivity contribution >= 4 is 12.1 Å². The summed E-state index contributed by atoms with van der Waals surface area (Å²) in [5.41, 5.74) is 0. The number of hydrogen-bond donors (Lipinski definition) is 3. The summed E-state index contributed by atoms with van der Waals surface area (Å²) in [5.74, 6) is 0.607. The number of nitrogens with one attached hydrogen (secondary N) is 3. The van der Waals surface area contributed by atoms with Crippen LogP contribution in [0.2, 0.25) is 0 Å². The summed E-state index contributed by atoms with van der Waals surface area (Å²) < 4.78 is 0. The maximum absolute atomic E-state index is 12.3. The molecule has 2 aliphatic rings. The summed E-state index contributed by atoms with van der Waals surface area (Å²) in [5, 5.41) is 8.93. The fraction of sp³-hybridized carbons (Fsp3) is 0.889. The van der Waals surface area contributed by atoms with E-state index in [1.807, 2.05) is 11.8 Å². The molecular weight excluding hydrogens is 304 g/mol. The van der Waals surface area contributed by atoms with Crippen molar-refractivity contribution in [2.75, 3.05) is 26.2 Å². The van der Waals surface area contributed by atoms with Crippen molar-refractivity contribution in [2.45, 2.75) is 70.8 Å². The monoisotopic (exact) mass is 338 g/mol. The van der Waals surface area contributed by atoms with Gasteiger partial charge in [0.25, 0.3) is 0 Å². The molecule has 3 N–H and O–H groups in total. The lowest BCUT2D eigenvalue weighted by Crippen LogP contribution is -2.48. The van der Waals surface area contributed by atoms with E-state index in [0.717, 1.165) is 58.2 Å². The second-order valence-corrected chi connectivity index (χ2v) is 7.19. The molecule has 0 radical (unpaired) electrons. The smallest absolute Gasteiger partial charge is 0.317 e. The standard InChI is InChI=1S/C18H34N4O2/c1-2-11-19-17(23)20-12-8-15-9-13-22(14-10-15)18(24)21-16-6-4-3-5-7-16/h15-16H,2-14H2,1H3,(H,21,24)(H2,19,20,23). The minimum absolute atomic E-state index is 0.0684. The number of hydrogen-bond acceptors (Lipinski definition) is 2. The minimum atomic E-state index is -0.0684. The van der Waals surface area contributed by atoms with Gasteiger partial charge in [0.1, 0.15) is 0 Å². The van der Waals surface area contributed by atoms with E-state index >= 15 is 0 Å². The van der Waals surface area contributed by atoms with Crippen molar-refractivity contribution in [3.63, 3.8) is 0 Å². The van der Waals surface area contributed by atoms with E-state index in [4.69, 9.17) is 0 Å². The Bertz CT molecular complexity index is 388. The minimum Gasteiger partial charge on any atom is -0.338 e. The highest BCUT2D eigenvalue weighted by Gasteiger charge is 2.24. The van der Waals surface area contributed by atoms with Crippen LogP contribution in [0, 0.1) is 5.92 Å². The van der Waals surface area contributed by atoms with Gasteiger partial charge in [0, 0.05) is 32.2 Å². The number of urea groups is 2. The third kappa shape index (κ3) is 6.57. The zero-order valence-electron chi connectivity index (χ0n) is 15.1. The molecule has 24 heavy (non-hydrogen) atoms. The first-order chi connectivity index (χ1) is 11.7. The zero-order chi connectivity index (χ0) is 17.2. The third-order valence-electron chi connectivity index (χ3n) is 5.21. The molecule has 1 saturated heterocycles. The molecular formula is C18H34N4O2. The summed E-state index contributed by atoms with van der Waals surface area (Å²) in [6.07, 6.45) is 10.1. The van der Waals surface area contributed by atoms with Gasteiger partial charge in [-0.15, -0.1) is 0 Å². The molecule has 6 nitrogen and oxygen atoms in total. The summed E-state index contributed by atoms with van der Waals surface area (Å²) in [6.45, 7) is 5.16. The lowest BCUT2D eigenvalue weighted by Gasteiger charge is -2.34. The predicted molar refractivity (Wildman–Crippen MR) is 96.0 cm³/mol. The van der Waals surface area contributed by atoms with Gasteiger partial charge in [-0.3, -0.25) is 0 Å². The van der Waals surface area contributed by atoms with E-state index in [1.54, 1.807) is 0 Å². The molecule has 0 unspecified atom stereocenters. The SMILES string of the molecule is CCCNC(=O)NCCC1CCN(C(=O)NC2CCCCC2)CC1. The Balaban J connectivity index is 1.57. The topological polar surface area (TPSA) is 73.5 Å². The molecule has 1 saturated carbocycles. The van der Waals surface area contributed by atoms with E-state index < -0.39 is 0 Å². The number of nitrogens with zero attached hydrogens (tertiary/aromatic N) is 1. The van der Waals surface area contributed by atoms with E-state index in [-0.39, 0.29) is 12.1 Å². The van der Waals surface area contributed by atoms with E-state index in [0.29, 0.717) is 18.5 Å². The van der Waals surface area contributed by atoms with Crippen molar-refractivity contribution in [1.29, 1.82) is 0 Å². The molecule has 1 heterocycles. The second kappa shape index (κ2) is 10.4. The Labute approximate surface area is 146 Å². The van der Waals surface area contributed by atoms with Crippen LogP contribution in [-0.2, 0) is 0 Å². The molecule has 1 aliphatic heterocycles. The van der Waals surface area contributed by atoms with Crippen molar-refractivity contribution in [1.82, 2.24) is 20.9 Å². The maximum atomic E-state index is 12.3. The van der Waals surface area contributed by atoms with Gasteiger partial charge in [0.15, 0.2) is 0 Å². The van der Waals surface area contributed by atoms with Gasteiger partial charge in [0.2, 0.25) is 0 Å². The van der Waals surface area contributed by atoms with Gasteiger partial charge in [-0.1, -0.05) is 26.2 Å². The first kappa shape index (κ1) is 18.9. The third-order valence-corrected chi connectivity index (χ3v) is 5.21. The molecule has 4 amide bonds. The van der Waals surface area contributed by atoms with Gasteiger partial charge >= 0.3 is 12.1 Å². The van der Waals surface area contributed by atoms with Crippen LogP contribution in [0.25, 0.3) is 0 Å². The summed E-state index contributed by atoms with van der Waals surface area (Å²) in [4.78, 5) is 25.8. The number of amides is 4. The van der Waals surface area contributed by atoms with Crippen molar-refractivity contribution in [3.8, 4) is 0 Å². The molecule has 0 spiro atoms. The summed E-state index contributed by atoms with van der Waals surface area (Å²) in [6, 6.07) is 0.438. The second-order valence-electron chi connectivity index (χ2n) is 7.19. The van der Waals surface area contributed by atoms with Crippen LogP contribution in [0.4, 0.5) is 9.59 Å². The molecule has 2 fully saturated rings. The van der Waals surface area contributed by atoms with Crippen LogP contribution in [0.1, 0.15) is 64.7 Å². The Morgan fingerprint density at radius 3 is 2.29 bits per heavy atom. The highest BCUT2D eigenvalue weighted by molar-refractivity contribution is 5.74. The molecule has 0 aromatic carbocycles. The van der Waals surface area contributed by atoms with Crippen molar-refractivity contribution in [3.05, 3.63) is 0 Å². The van der Waals surface area contributed by atoms with E-state index in [9.17, 15) is 9.59 Å². The molecule has 0 atom stereocenters. The molecule has 0 aromatic rings. The zero-order valence-corrected chi connectivity index (χ0v) is 15.1. The quantitative estimate of drug-likeness (QED) is 0.697. The Morgan fingerprint density at radius 2 is 1.62 bits per heavy atom. The molecule has 138 valence electrons. The Morgan fingerprint density at radius 1 is 0.958 bits per heavy atom. The van der Waals surface area contributed by atoms with Gasteiger partial charge in [-0.05, 0) is 44.4 Å². The highest BCUT2D eigenvalue weighted by atomic mass is 16.2. The number of likely N-dealkylation sites (tertiary alicyclic amines) is 1. The summed E-state index contributed by atoms with van der Waals surface area (Å²) >= 11 is 0. The number of piperidine rings is 1. The van der Waals surface area contributed by atoms with Crippen LogP contribution in [0.5, 0.6) is 0 Å². The Hall–Kier alpha value is -1.46. The molecule has 0 aromatic heterocycles. The van der Waals surface area contributed by atoms with E-state index in [1.165, 1.54) is 19.3 Å². The maximum Gasteiger partial charge on any atom is 0.317 e. The number of rotatable bonds is 6. The molecule has 0 bridgehead atoms. The molecule has 1 aliphatic carbocycles. The number of carbonyl (C=O) groups is 2. The number of carbonyl (C=O) groups excluding carboxylic acids is 2. The van der Waals surface area contributed by atoms with Gasteiger partial charge in [-0.2, -0.15) is 0 Å². The van der Waals surface area contributed by atoms with E-state index in [2.05, 4.69) is 16.0 Å². The molecule has 2 rings (SSSR count). The van der Waals surface area contributed by atoms with Crippen molar-refractivity contribution in [2.24, 2.45) is 5.92 Å². The average Bonchev–Trinajstić information content (AvgIpc) is 2.61. The normalized spacial score (nSPS) is 19.8. The highest BCUT2D eigenvalue weighted by Crippen LogP contribution is 2.21. The van der Waals surface area contributed by atoms with Crippen LogP contribution >= 0.6 is 0 Å². The van der Waals surface area contributed by atoms with Gasteiger partial charge < -0.3 is 20.9 Å². The lowest BCUT2D eigenvalue weighted by molar-refractivity contribution is 0.162.